The summed E-state index contributed by atoms with van der Waals surface area (Å²) >= 11 is 0. The van der Waals surface area contributed by atoms with Crippen molar-refractivity contribution in [1.82, 2.24) is 4.98 Å². The first-order valence-electron chi connectivity index (χ1n) is 8.58. The van der Waals surface area contributed by atoms with E-state index in [4.69, 9.17) is 5.11 Å². The second kappa shape index (κ2) is 12.6. The second-order valence-electron chi connectivity index (χ2n) is 5.89. The Bertz CT molecular complexity index is 898. The van der Waals surface area contributed by atoms with E-state index >= 15 is 0 Å². The summed E-state index contributed by atoms with van der Waals surface area (Å²) in [6, 6.07) is 25.4. The fourth-order valence-corrected chi connectivity index (χ4v) is 2.27. The normalized spacial score (nSPS) is 10.6. The Labute approximate surface area is 180 Å². The van der Waals surface area contributed by atoms with Crippen molar-refractivity contribution in [3.63, 3.8) is 0 Å². The van der Waals surface area contributed by atoms with Crippen LogP contribution in [0.2, 0.25) is 0 Å². The third-order valence-electron chi connectivity index (χ3n) is 3.45. The van der Waals surface area contributed by atoms with E-state index in [1.807, 2.05) is 54.7 Å². The maximum absolute atomic E-state index is 10.0. The summed E-state index contributed by atoms with van der Waals surface area (Å²) < 4.78 is 0. The predicted octanol–water partition coefficient (Wildman–Crippen LogP) is 5.75. The number of carbonyl (C=O) groups excluding carboxylic acids is 1. The van der Waals surface area contributed by atoms with Crippen LogP contribution in [0.4, 0.5) is 0 Å². The zero-order valence-corrected chi connectivity index (χ0v) is 18.1. The van der Waals surface area contributed by atoms with Gasteiger partial charge in [-0.2, -0.15) is 0 Å². The molecule has 0 atom stereocenters. The number of aliphatic hydroxyl groups is 1. The summed E-state index contributed by atoms with van der Waals surface area (Å²) in [6.07, 6.45) is 7.21. The molecule has 0 radical (unpaired) electrons. The Kier molecular flexibility index (Phi) is 10.5. The van der Waals surface area contributed by atoms with Crippen molar-refractivity contribution in [2.24, 2.45) is 0 Å². The first-order valence-corrected chi connectivity index (χ1v) is 8.58. The van der Waals surface area contributed by atoms with E-state index < -0.39 is 0 Å². The number of aromatic nitrogens is 1. The van der Waals surface area contributed by atoms with E-state index in [-0.39, 0.29) is 32.6 Å². The molecule has 0 fully saturated rings. The summed E-state index contributed by atoms with van der Waals surface area (Å²) in [5.41, 5.74) is 4.25. The summed E-state index contributed by atoms with van der Waals surface area (Å²) in [5.74, 6) is -0.0625. The monoisotopic (exact) mass is 551 g/mol. The number of hydrogen-bond donors (Lipinski definition) is 1. The smallest absolute Gasteiger partial charge is 0.155 e. The minimum atomic E-state index is -0.125. The topological polar surface area (TPSA) is 50.2 Å². The molecule has 1 N–H and O–H groups in total. The number of nitrogens with zero attached hydrogens (tertiary/aromatic N) is 1. The van der Waals surface area contributed by atoms with Crippen molar-refractivity contribution in [3.05, 3.63) is 102 Å². The number of pyridine rings is 1. The van der Waals surface area contributed by atoms with Crippen molar-refractivity contribution >= 4 is 17.9 Å². The number of hydrogen-bond acceptors (Lipinski definition) is 3. The van der Waals surface area contributed by atoms with Crippen LogP contribution in [-0.2, 0) is 25.9 Å². The molecule has 146 valence electrons. The zero-order valence-electron chi connectivity index (χ0n) is 15.8. The number of allylic oxidation sites excluding steroid dienone is 2. The molecule has 1 aromatic heterocycles. The molecule has 0 bridgehead atoms. The van der Waals surface area contributed by atoms with Crippen LogP contribution in [0.3, 0.4) is 0 Å². The van der Waals surface area contributed by atoms with E-state index in [1.54, 1.807) is 0 Å². The average molecular weight is 552 g/mol. The molecular formula is C24H22NO2Pt-. The Morgan fingerprint density at radius 3 is 2.11 bits per heavy atom. The third-order valence-corrected chi connectivity index (χ3v) is 3.45. The molecular weight excluding hydrogens is 529 g/mol. The molecule has 0 unspecified atom stereocenters. The summed E-state index contributed by atoms with van der Waals surface area (Å²) in [7, 11) is 0. The fourth-order valence-electron chi connectivity index (χ4n) is 2.27. The van der Waals surface area contributed by atoms with Crippen LogP contribution in [0.15, 0.2) is 84.8 Å². The minimum Gasteiger partial charge on any atom is -0.512 e. The Morgan fingerprint density at radius 1 is 0.929 bits per heavy atom. The number of rotatable bonds is 4. The van der Waals surface area contributed by atoms with E-state index in [2.05, 4.69) is 41.4 Å². The molecule has 3 aromatic rings. The van der Waals surface area contributed by atoms with Crippen molar-refractivity contribution in [1.29, 1.82) is 0 Å². The van der Waals surface area contributed by atoms with Gasteiger partial charge in [0.1, 0.15) is 0 Å². The zero-order chi connectivity index (χ0) is 19.5. The van der Waals surface area contributed by atoms with Crippen LogP contribution in [0.25, 0.3) is 23.4 Å². The molecule has 4 heteroatoms. The van der Waals surface area contributed by atoms with Gasteiger partial charge in [-0.25, -0.2) is 0 Å². The predicted molar refractivity (Wildman–Crippen MR) is 111 cm³/mol. The SMILES string of the molecule is CC(=O)/C=C(/C)O.[Pt].[c-]1ccccc1-c1ccc(/C=C/c2ccccc2)cn1. The number of ketones is 1. The van der Waals surface area contributed by atoms with Gasteiger partial charge in [-0.1, -0.05) is 54.6 Å². The van der Waals surface area contributed by atoms with Crippen LogP contribution >= 0.6 is 0 Å². The standard InChI is InChI=1S/C19H14N.C5H8O2.Pt/c1-3-7-16(8-4-1)11-12-17-13-14-19(20-15-17)18-9-5-2-6-10-18;1-4(6)3-5(2)7;/h1-9,11-15H;3,6H,1-2H3;/q-1;;/b12-11+;4-3-;. The number of aliphatic hydroxyl groups excluding tert-OH is 1. The van der Waals surface area contributed by atoms with Gasteiger partial charge < -0.3 is 10.1 Å². The molecule has 0 aliphatic carbocycles. The van der Waals surface area contributed by atoms with Crippen LogP contribution in [0.1, 0.15) is 25.0 Å². The van der Waals surface area contributed by atoms with Crippen LogP contribution < -0.4 is 0 Å². The van der Waals surface area contributed by atoms with Gasteiger partial charge in [0.25, 0.3) is 0 Å². The van der Waals surface area contributed by atoms with Crippen molar-refractivity contribution < 1.29 is 31.0 Å². The van der Waals surface area contributed by atoms with Crippen LogP contribution in [0.5, 0.6) is 0 Å². The quantitative estimate of drug-likeness (QED) is 0.255. The molecule has 28 heavy (non-hydrogen) atoms. The molecule has 3 nitrogen and oxygen atoms in total. The van der Waals surface area contributed by atoms with Crippen molar-refractivity contribution in [2.75, 3.05) is 0 Å². The molecule has 0 saturated heterocycles. The first kappa shape index (κ1) is 23.3. The second-order valence-corrected chi connectivity index (χ2v) is 5.89. The Balaban J connectivity index is 0.000000425. The maximum Gasteiger partial charge on any atom is 0.155 e. The minimum absolute atomic E-state index is 0. The van der Waals surface area contributed by atoms with E-state index in [0.29, 0.717) is 0 Å². The molecule has 0 aliphatic rings. The maximum atomic E-state index is 10.0. The Morgan fingerprint density at radius 2 is 1.61 bits per heavy atom. The summed E-state index contributed by atoms with van der Waals surface area (Å²) in [5, 5.41) is 8.36. The third kappa shape index (κ3) is 8.74. The van der Waals surface area contributed by atoms with Gasteiger partial charge >= 0.3 is 0 Å². The molecule has 1 heterocycles. The van der Waals surface area contributed by atoms with Gasteiger partial charge in [0.05, 0.1) is 5.76 Å². The molecule has 0 amide bonds. The summed E-state index contributed by atoms with van der Waals surface area (Å²) in [4.78, 5) is 14.5. The van der Waals surface area contributed by atoms with Gasteiger partial charge in [0.2, 0.25) is 0 Å². The molecule has 0 aliphatic heterocycles. The van der Waals surface area contributed by atoms with E-state index in [0.717, 1.165) is 16.8 Å². The fraction of sp³-hybridized carbons (Fsp3) is 0.0833. The van der Waals surface area contributed by atoms with Crippen molar-refractivity contribution in [2.45, 2.75) is 13.8 Å². The van der Waals surface area contributed by atoms with Gasteiger partial charge in [-0.3, -0.25) is 4.79 Å². The van der Waals surface area contributed by atoms with E-state index in [9.17, 15) is 4.79 Å². The van der Waals surface area contributed by atoms with Crippen LogP contribution in [0, 0.1) is 6.07 Å². The first-order chi connectivity index (χ1) is 13.0. The molecule has 3 rings (SSSR count). The van der Waals surface area contributed by atoms with Gasteiger partial charge in [0, 0.05) is 33.3 Å². The molecule has 0 saturated carbocycles. The van der Waals surface area contributed by atoms with Gasteiger partial charge in [-0.05, 0) is 30.7 Å². The van der Waals surface area contributed by atoms with Crippen molar-refractivity contribution in [3.8, 4) is 11.3 Å². The number of carbonyl (C=O) groups is 1. The average Bonchev–Trinajstić information content (AvgIpc) is 2.68. The molecule has 0 spiro atoms. The molecule has 2 aromatic carbocycles. The number of benzene rings is 2. The summed E-state index contributed by atoms with van der Waals surface area (Å²) in [6.45, 7) is 2.85. The largest absolute Gasteiger partial charge is 0.512 e. The van der Waals surface area contributed by atoms with Gasteiger partial charge in [-0.15, -0.1) is 35.9 Å². The van der Waals surface area contributed by atoms with Gasteiger partial charge in [0.15, 0.2) is 5.78 Å². The Hall–Kier alpha value is -2.77. The van der Waals surface area contributed by atoms with E-state index in [1.165, 1.54) is 25.5 Å². The van der Waals surface area contributed by atoms with Crippen LogP contribution in [-0.4, -0.2) is 15.9 Å².